The molecule has 0 radical (unpaired) electrons. The van der Waals surface area contributed by atoms with Crippen molar-refractivity contribution >= 4 is 11.9 Å². The molecular formula is C10H14O7. The van der Waals surface area contributed by atoms with E-state index in [1.807, 2.05) is 0 Å². The third-order valence-corrected chi connectivity index (χ3v) is 2.84. The average molecular weight is 246 g/mol. The highest BCUT2D eigenvalue weighted by Gasteiger charge is 2.49. The minimum Gasteiger partial charge on any atom is -0.481 e. The van der Waals surface area contributed by atoms with Crippen LogP contribution in [0.2, 0.25) is 0 Å². The lowest BCUT2D eigenvalue weighted by Crippen LogP contribution is -2.35. The quantitative estimate of drug-likeness (QED) is 0.512. The largest absolute Gasteiger partial charge is 0.481 e. The van der Waals surface area contributed by atoms with Crippen molar-refractivity contribution in [3.05, 3.63) is 0 Å². The number of ether oxygens (including phenoxy) is 4. The van der Waals surface area contributed by atoms with Gasteiger partial charge in [-0.1, -0.05) is 0 Å². The van der Waals surface area contributed by atoms with Crippen LogP contribution in [0, 0.1) is 0 Å². The Morgan fingerprint density at radius 1 is 1.24 bits per heavy atom. The van der Waals surface area contributed by atoms with Crippen molar-refractivity contribution in [2.45, 2.75) is 30.8 Å². The molecule has 7 heteroatoms. The van der Waals surface area contributed by atoms with Gasteiger partial charge in [-0.3, -0.25) is 9.59 Å². The highest BCUT2D eigenvalue weighted by Crippen LogP contribution is 2.30. The second-order valence-corrected chi connectivity index (χ2v) is 3.97. The van der Waals surface area contributed by atoms with Crippen LogP contribution >= 0.6 is 0 Å². The van der Waals surface area contributed by atoms with Gasteiger partial charge in [-0.2, -0.15) is 0 Å². The predicted octanol–water partition coefficient (Wildman–Crippen LogP) is -0.814. The first-order chi connectivity index (χ1) is 8.11. The van der Waals surface area contributed by atoms with Gasteiger partial charge >= 0.3 is 11.9 Å². The van der Waals surface area contributed by atoms with Gasteiger partial charge in [-0.05, 0) is 0 Å². The smallest absolute Gasteiger partial charge is 0.317 e. The predicted molar refractivity (Wildman–Crippen MR) is 52.4 cm³/mol. The van der Waals surface area contributed by atoms with E-state index in [2.05, 4.69) is 0 Å². The second kappa shape index (κ2) is 4.99. The van der Waals surface area contributed by atoms with Crippen molar-refractivity contribution in [2.75, 3.05) is 20.3 Å². The first-order valence-electron chi connectivity index (χ1n) is 5.29. The maximum atomic E-state index is 11.2. The van der Waals surface area contributed by atoms with Gasteiger partial charge in [0.05, 0.1) is 13.2 Å². The fourth-order valence-corrected chi connectivity index (χ4v) is 2.07. The fraction of sp³-hybridized carbons (Fsp3) is 0.800. The molecule has 2 aliphatic heterocycles. The van der Waals surface area contributed by atoms with Crippen molar-refractivity contribution in [1.29, 1.82) is 0 Å². The van der Waals surface area contributed by atoms with E-state index in [1.165, 1.54) is 0 Å². The summed E-state index contributed by atoms with van der Waals surface area (Å²) < 4.78 is 21.0. The van der Waals surface area contributed by atoms with E-state index in [0.717, 1.165) is 0 Å². The number of esters is 1. The van der Waals surface area contributed by atoms with Gasteiger partial charge in [-0.15, -0.1) is 0 Å². The molecule has 4 unspecified atom stereocenters. The number of hydrogen-bond donors (Lipinski definition) is 1. The van der Waals surface area contributed by atoms with E-state index in [4.69, 9.17) is 24.1 Å². The molecule has 2 fully saturated rings. The van der Waals surface area contributed by atoms with Crippen LogP contribution < -0.4 is 0 Å². The Morgan fingerprint density at radius 2 is 1.82 bits per heavy atom. The summed E-state index contributed by atoms with van der Waals surface area (Å²) in [5, 5.41) is 8.44. The normalized spacial score (nSPS) is 35.6. The summed E-state index contributed by atoms with van der Waals surface area (Å²) in [6.07, 6.45) is -1.97. The minimum absolute atomic E-state index is 0.164. The first kappa shape index (κ1) is 12.3. The molecule has 0 bridgehead atoms. The third kappa shape index (κ3) is 2.56. The molecule has 4 atom stereocenters. The lowest BCUT2D eigenvalue weighted by molar-refractivity contribution is -0.158. The Hall–Kier alpha value is -1.18. The van der Waals surface area contributed by atoms with Crippen molar-refractivity contribution in [1.82, 2.24) is 0 Å². The van der Waals surface area contributed by atoms with Crippen molar-refractivity contribution in [2.24, 2.45) is 0 Å². The zero-order valence-electron chi connectivity index (χ0n) is 9.33. The summed E-state index contributed by atoms with van der Waals surface area (Å²) in [4.78, 5) is 21.5. The fourth-order valence-electron chi connectivity index (χ4n) is 2.07. The summed E-state index contributed by atoms with van der Waals surface area (Å²) in [5.41, 5.74) is 0. The molecule has 2 rings (SSSR count). The van der Waals surface area contributed by atoms with Crippen LogP contribution in [-0.2, 0) is 28.5 Å². The lowest BCUT2D eigenvalue weighted by Gasteiger charge is -2.16. The first-order valence-corrected chi connectivity index (χ1v) is 5.29. The number of methoxy groups -OCH3 is 1. The topological polar surface area (TPSA) is 91.3 Å². The van der Waals surface area contributed by atoms with Crippen LogP contribution in [0.5, 0.6) is 0 Å². The van der Waals surface area contributed by atoms with Gasteiger partial charge in [0, 0.05) is 7.11 Å². The SMILES string of the molecule is COC1COC2C(OC(=O)CC(=O)O)COC12. The maximum absolute atomic E-state index is 11.2. The molecule has 0 aromatic heterocycles. The van der Waals surface area contributed by atoms with Gasteiger partial charge in [0.2, 0.25) is 0 Å². The summed E-state index contributed by atoms with van der Waals surface area (Å²) in [6, 6.07) is 0. The summed E-state index contributed by atoms with van der Waals surface area (Å²) in [7, 11) is 1.56. The number of rotatable bonds is 4. The van der Waals surface area contributed by atoms with Crippen molar-refractivity contribution in [3.8, 4) is 0 Å². The summed E-state index contributed by atoms with van der Waals surface area (Å²) in [5.74, 6) is -2.00. The van der Waals surface area contributed by atoms with Gasteiger partial charge in [0.1, 0.15) is 24.7 Å². The number of carbonyl (C=O) groups excluding carboxylic acids is 1. The molecule has 2 heterocycles. The van der Waals surface area contributed by atoms with E-state index < -0.39 is 24.5 Å². The molecule has 0 aromatic carbocycles. The van der Waals surface area contributed by atoms with E-state index in [1.54, 1.807) is 7.11 Å². The Balaban J connectivity index is 1.88. The van der Waals surface area contributed by atoms with E-state index in [-0.39, 0.29) is 24.9 Å². The molecule has 0 saturated carbocycles. The summed E-state index contributed by atoms with van der Waals surface area (Å²) >= 11 is 0. The standard InChI is InChI=1S/C10H14O7/c1-14-5-3-15-10-6(4-16-9(5)10)17-8(13)2-7(11)12/h5-6,9-10H,2-4H2,1H3,(H,11,12). The zero-order valence-corrected chi connectivity index (χ0v) is 9.33. The zero-order chi connectivity index (χ0) is 12.4. The Kier molecular flexibility index (Phi) is 3.60. The summed E-state index contributed by atoms with van der Waals surface area (Å²) in [6.45, 7) is 0.597. The lowest BCUT2D eigenvalue weighted by atomic mass is 10.1. The monoisotopic (exact) mass is 246 g/mol. The van der Waals surface area contributed by atoms with Crippen LogP contribution in [0.3, 0.4) is 0 Å². The van der Waals surface area contributed by atoms with Gasteiger partial charge in [0.25, 0.3) is 0 Å². The molecule has 96 valence electrons. The highest BCUT2D eigenvalue weighted by atomic mass is 16.7. The van der Waals surface area contributed by atoms with Gasteiger partial charge < -0.3 is 24.1 Å². The van der Waals surface area contributed by atoms with Crippen LogP contribution in [0.15, 0.2) is 0 Å². The molecule has 0 spiro atoms. The number of hydrogen-bond acceptors (Lipinski definition) is 6. The second-order valence-electron chi connectivity index (χ2n) is 3.97. The Morgan fingerprint density at radius 3 is 2.41 bits per heavy atom. The van der Waals surface area contributed by atoms with E-state index in [0.29, 0.717) is 6.61 Å². The third-order valence-electron chi connectivity index (χ3n) is 2.84. The molecule has 0 aromatic rings. The number of carboxylic acids is 1. The molecule has 0 aliphatic carbocycles. The molecule has 7 nitrogen and oxygen atoms in total. The van der Waals surface area contributed by atoms with Crippen molar-refractivity contribution in [3.63, 3.8) is 0 Å². The minimum atomic E-state index is -1.22. The van der Waals surface area contributed by atoms with Crippen LogP contribution in [-0.4, -0.2) is 61.8 Å². The number of fused-ring (bicyclic) bond motifs is 1. The molecular weight excluding hydrogens is 232 g/mol. The Bertz CT molecular complexity index is 316. The molecule has 0 amide bonds. The average Bonchev–Trinajstić information content (AvgIpc) is 2.79. The maximum Gasteiger partial charge on any atom is 0.317 e. The number of carbonyl (C=O) groups is 2. The molecule has 17 heavy (non-hydrogen) atoms. The van der Waals surface area contributed by atoms with Crippen LogP contribution in [0.25, 0.3) is 0 Å². The Labute approximate surface area is 97.6 Å². The number of carboxylic acid groups (broad SMARTS) is 1. The van der Waals surface area contributed by atoms with E-state index in [9.17, 15) is 9.59 Å². The van der Waals surface area contributed by atoms with Crippen molar-refractivity contribution < 1.29 is 33.6 Å². The van der Waals surface area contributed by atoms with Crippen LogP contribution in [0.4, 0.5) is 0 Å². The molecule has 2 saturated heterocycles. The van der Waals surface area contributed by atoms with E-state index >= 15 is 0 Å². The van der Waals surface area contributed by atoms with Gasteiger partial charge in [-0.25, -0.2) is 0 Å². The van der Waals surface area contributed by atoms with Gasteiger partial charge in [0.15, 0.2) is 6.10 Å². The molecule has 2 aliphatic rings. The van der Waals surface area contributed by atoms with Crippen LogP contribution in [0.1, 0.15) is 6.42 Å². The molecule has 1 N–H and O–H groups in total. The highest BCUT2D eigenvalue weighted by molar-refractivity contribution is 5.90. The number of aliphatic carboxylic acids is 1.